The summed E-state index contributed by atoms with van der Waals surface area (Å²) in [5.74, 6) is 0. The standard InChI is InChI=1S/C11H13N3O4/c15-10-4-5-13(7-10)11(16)12-8-2-1-3-9(6-8)14(17)18/h1-3,6,10,15H,4-5,7H2,(H,12,16)/t10-/m0/s1. The zero-order valence-corrected chi connectivity index (χ0v) is 9.57. The minimum absolute atomic E-state index is 0.0748. The van der Waals surface area contributed by atoms with Gasteiger partial charge in [-0.3, -0.25) is 10.1 Å². The molecule has 1 aliphatic heterocycles. The number of aliphatic hydroxyl groups excluding tert-OH is 1. The van der Waals surface area contributed by atoms with Gasteiger partial charge in [0.1, 0.15) is 0 Å². The second-order valence-electron chi connectivity index (χ2n) is 4.13. The van der Waals surface area contributed by atoms with Crippen molar-refractivity contribution in [3.63, 3.8) is 0 Å². The summed E-state index contributed by atoms with van der Waals surface area (Å²) in [4.78, 5) is 23.3. The fraction of sp³-hybridized carbons (Fsp3) is 0.364. The highest BCUT2D eigenvalue weighted by molar-refractivity contribution is 5.89. The van der Waals surface area contributed by atoms with Gasteiger partial charge in [-0.15, -0.1) is 0 Å². The van der Waals surface area contributed by atoms with Gasteiger partial charge in [-0.1, -0.05) is 6.07 Å². The summed E-state index contributed by atoms with van der Waals surface area (Å²) >= 11 is 0. The lowest BCUT2D eigenvalue weighted by molar-refractivity contribution is -0.384. The normalized spacial score (nSPS) is 18.7. The van der Waals surface area contributed by atoms with Crippen molar-refractivity contribution in [2.24, 2.45) is 0 Å². The van der Waals surface area contributed by atoms with E-state index in [1.165, 1.54) is 23.1 Å². The number of carbonyl (C=O) groups excluding carboxylic acids is 1. The first-order chi connectivity index (χ1) is 8.56. The molecule has 96 valence electrons. The third-order valence-corrected chi connectivity index (χ3v) is 2.76. The molecule has 7 heteroatoms. The van der Waals surface area contributed by atoms with Crippen LogP contribution in [0.4, 0.5) is 16.2 Å². The Morgan fingerprint density at radius 1 is 1.56 bits per heavy atom. The molecule has 2 rings (SSSR count). The number of nitrogens with one attached hydrogen (secondary N) is 1. The molecule has 0 radical (unpaired) electrons. The van der Waals surface area contributed by atoms with E-state index in [1.54, 1.807) is 6.07 Å². The van der Waals surface area contributed by atoms with Crippen molar-refractivity contribution >= 4 is 17.4 Å². The number of non-ortho nitro benzene ring substituents is 1. The molecule has 1 aromatic carbocycles. The van der Waals surface area contributed by atoms with Gasteiger partial charge in [-0.2, -0.15) is 0 Å². The average Bonchev–Trinajstić information content (AvgIpc) is 2.76. The largest absolute Gasteiger partial charge is 0.391 e. The number of urea groups is 1. The monoisotopic (exact) mass is 251 g/mol. The van der Waals surface area contributed by atoms with Gasteiger partial charge in [-0.25, -0.2) is 4.79 Å². The first-order valence-electron chi connectivity index (χ1n) is 5.55. The van der Waals surface area contributed by atoms with Gasteiger partial charge in [0, 0.05) is 30.9 Å². The lowest BCUT2D eigenvalue weighted by Gasteiger charge is -2.16. The van der Waals surface area contributed by atoms with E-state index in [2.05, 4.69) is 5.32 Å². The van der Waals surface area contributed by atoms with Crippen LogP contribution < -0.4 is 5.32 Å². The van der Waals surface area contributed by atoms with Crippen LogP contribution in [0, 0.1) is 10.1 Å². The third-order valence-electron chi connectivity index (χ3n) is 2.76. The molecule has 0 aromatic heterocycles. The minimum Gasteiger partial charge on any atom is -0.391 e. The van der Waals surface area contributed by atoms with E-state index < -0.39 is 11.0 Å². The van der Waals surface area contributed by atoms with E-state index in [-0.39, 0.29) is 11.7 Å². The molecule has 7 nitrogen and oxygen atoms in total. The summed E-state index contributed by atoms with van der Waals surface area (Å²) < 4.78 is 0. The Bertz CT molecular complexity index is 477. The van der Waals surface area contributed by atoms with Crippen LogP contribution in [-0.4, -0.2) is 40.2 Å². The molecule has 0 spiro atoms. The molecule has 1 atom stereocenters. The third kappa shape index (κ3) is 2.75. The van der Waals surface area contributed by atoms with Gasteiger partial charge in [0.15, 0.2) is 0 Å². The number of hydrogen-bond acceptors (Lipinski definition) is 4. The minimum atomic E-state index is -0.519. The smallest absolute Gasteiger partial charge is 0.321 e. The van der Waals surface area contributed by atoms with Crippen LogP contribution >= 0.6 is 0 Å². The van der Waals surface area contributed by atoms with Gasteiger partial charge in [-0.05, 0) is 12.5 Å². The predicted octanol–water partition coefficient (Wildman–Crippen LogP) is 1.19. The zero-order chi connectivity index (χ0) is 13.1. The van der Waals surface area contributed by atoms with Crippen LogP contribution in [0.5, 0.6) is 0 Å². The quantitative estimate of drug-likeness (QED) is 0.609. The Morgan fingerprint density at radius 3 is 2.94 bits per heavy atom. The van der Waals surface area contributed by atoms with Crippen molar-refractivity contribution in [3.05, 3.63) is 34.4 Å². The number of rotatable bonds is 2. The second kappa shape index (κ2) is 5.01. The molecule has 0 bridgehead atoms. The summed E-state index contributed by atoms with van der Waals surface area (Å²) in [7, 11) is 0. The van der Waals surface area contributed by atoms with Gasteiger partial charge < -0.3 is 15.3 Å². The first kappa shape index (κ1) is 12.3. The molecule has 18 heavy (non-hydrogen) atoms. The van der Waals surface area contributed by atoms with Crippen molar-refractivity contribution in [2.75, 3.05) is 18.4 Å². The highest BCUT2D eigenvalue weighted by atomic mass is 16.6. The van der Waals surface area contributed by atoms with Crippen LogP contribution in [0.25, 0.3) is 0 Å². The van der Waals surface area contributed by atoms with Gasteiger partial charge >= 0.3 is 6.03 Å². The lowest BCUT2D eigenvalue weighted by atomic mass is 10.3. The number of amides is 2. The maximum atomic E-state index is 11.8. The molecule has 1 heterocycles. The Labute approximate surface area is 103 Å². The summed E-state index contributed by atoms with van der Waals surface area (Å²) in [5, 5.41) is 22.5. The average molecular weight is 251 g/mol. The van der Waals surface area contributed by atoms with E-state index in [0.717, 1.165) is 0 Å². The highest BCUT2D eigenvalue weighted by Crippen LogP contribution is 2.18. The number of anilines is 1. The SMILES string of the molecule is O=C(Nc1cccc([N+](=O)[O-])c1)N1CC[C@H](O)C1. The zero-order valence-electron chi connectivity index (χ0n) is 9.57. The summed E-state index contributed by atoms with van der Waals surface area (Å²) in [6.07, 6.45) is 0.0726. The lowest BCUT2D eigenvalue weighted by Crippen LogP contribution is -2.33. The Morgan fingerprint density at radius 2 is 2.33 bits per heavy atom. The van der Waals surface area contributed by atoms with Gasteiger partial charge in [0.2, 0.25) is 0 Å². The van der Waals surface area contributed by atoms with Crippen molar-refractivity contribution in [1.29, 1.82) is 0 Å². The molecule has 0 unspecified atom stereocenters. The fourth-order valence-corrected chi connectivity index (χ4v) is 1.83. The molecular weight excluding hydrogens is 238 g/mol. The molecule has 2 amide bonds. The molecule has 1 fully saturated rings. The molecule has 1 aromatic rings. The number of nitro groups is 1. The molecule has 0 aliphatic carbocycles. The molecule has 1 saturated heterocycles. The molecular formula is C11H13N3O4. The number of aliphatic hydroxyl groups is 1. The van der Waals surface area contributed by atoms with Crippen LogP contribution in [0.2, 0.25) is 0 Å². The van der Waals surface area contributed by atoms with Crippen molar-refractivity contribution < 1.29 is 14.8 Å². The molecule has 2 N–H and O–H groups in total. The predicted molar refractivity (Wildman–Crippen MR) is 64.3 cm³/mol. The van der Waals surface area contributed by atoms with E-state index in [4.69, 9.17) is 0 Å². The Kier molecular flexibility index (Phi) is 3.42. The molecule has 1 aliphatic rings. The Hall–Kier alpha value is -2.15. The maximum Gasteiger partial charge on any atom is 0.321 e. The maximum absolute atomic E-state index is 11.8. The Balaban J connectivity index is 2.03. The number of carbonyl (C=O) groups is 1. The van der Waals surface area contributed by atoms with Crippen molar-refractivity contribution in [3.8, 4) is 0 Å². The number of likely N-dealkylation sites (tertiary alicyclic amines) is 1. The second-order valence-corrected chi connectivity index (χ2v) is 4.13. The number of hydrogen-bond donors (Lipinski definition) is 2. The highest BCUT2D eigenvalue weighted by Gasteiger charge is 2.24. The van der Waals surface area contributed by atoms with E-state index in [1.807, 2.05) is 0 Å². The number of nitrogens with zero attached hydrogens (tertiary/aromatic N) is 2. The van der Waals surface area contributed by atoms with Crippen LogP contribution in [0.1, 0.15) is 6.42 Å². The fourth-order valence-electron chi connectivity index (χ4n) is 1.83. The molecule has 0 saturated carbocycles. The van der Waals surface area contributed by atoms with E-state index in [0.29, 0.717) is 25.2 Å². The summed E-state index contributed by atoms with van der Waals surface area (Å²) in [6, 6.07) is 5.39. The van der Waals surface area contributed by atoms with Crippen LogP contribution in [0.15, 0.2) is 24.3 Å². The van der Waals surface area contributed by atoms with Gasteiger partial charge in [0.25, 0.3) is 5.69 Å². The summed E-state index contributed by atoms with van der Waals surface area (Å²) in [6.45, 7) is 0.780. The topological polar surface area (TPSA) is 95.7 Å². The first-order valence-corrected chi connectivity index (χ1v) is 5.55. The van der Waals surface area contributed by atoms with Gasteiger partial charge in [0.05, 0.1) is 11.0 Å². The van der Waals surface area contributed by atoms with E-state index >= 15 is 0 Å². The van der Waals surface area contributed by atoms with E-state index in [9.17, 15) is 20.0 Å². The summed E-state index contributed by atoms with van der Waals surface area (Å²) in [5.41, 5.74) is 0.296. The van der Waals surface area contributed by atoms with Crippen LogP contribution in [0.3, 0.4) is 0 Å². The number of β-amino-alcohol motifs (C(OH)–C–C–N with tert-alkyl or cyclic N) is 1. The number of nitro benzene ring substituents is 1. The number of benzene rings is 1. The van der Waals surface area contributed by atoms with Crippen molar-refractivity contribution in [2.45, 2.75) is 12.5 Å². The van der Waals surface area contributed by atoms with Crippen molar-refractivity contribution in [1.82, 2.24) is 4.90 Å². The van der Waals surface area contributed by atoms with Crippen LogP contribution in [-0.2, 0) is 0 Å².